The third kappa shape index (κ3) is 2.47. The zero-order valence-corrected chi connectivity index (χ0v) is 11.3. The van der Waals surface area contributed by atoms with Crippen molar-refractivity contribution in [3.8, 4) is 0 Å². The molecule has 1 aromatic rings. The number of nitrogens with two attached hydrogens (primary N) is 1. The molecule has 16 heavy (non-hydrogen) atoms. The molecule has 1 aromatic carbocycles. The van der Waals surface area contributed by atoms with Gasteiger partial charge in [0.2, 0.25) is 0 Å². The predicted molar refractivity (Wildman–Crippen MR) is 74.7 cm³/mol. The highest BCUT2D eigenvalue weighted by Gasteiger charge is 2.18. The molecular weight excluding hydrogens is 286 g/mol. The monoisotopic (exact) mass is 299 g/mol. The summed E-state index contributed by atoms with van der Waals surface area (Å²) < 4.78 is 1.14. The smallest absolute Gasteiger partial charge is 0.166 e. The summed E-state index contributed by atoms with van der Waals surface area (Å²) >= 11 is 8.54. The molecule has 0 radical (unpaired) electrons. The van der Waals surface area contributed by atoms with Gasteiger partial charge in [0.15, 0.2) is 5.11 Å². The molecule has 0 bridgehead atoms. The van der Waals surface area contributed by atoms with E-state index in [-0.39, 0.29) is 0 Å². The zero-order chi connectivity index (χ0) is 11.5. The van der Waals surface area contributed by atoms with Crippen molar-refractivity contribution in [3.63, 3.8) is 0 Å². The lowest BCUT2D eigenvalue weighted by Gasteiger charge is -2.36. The van der Waals surface area contributed by atoms with Crippen LogP contribution in [-0.2, 0) is 0 Å². The Morgan fingerprint density at radius 3 is 2.38 bits per heavy atom. The van der Waals surface area contributed by atoms with Crippen molar-refractivity contribution in [1.82, 2.24) is 4.90 Å². The molecule has 0 amide bonds. The standard InChI is InChI=1S/C11H14BrN3S/c12-9-3-1-2-4-10(9)14-5-7-15(8-6-14)11(13)16/h1-4H,5-8H2,(H2,13,16). The number of rotatable bonds is 1. The second-order valence-corrected chi connectivity index (χ2v) is 5.04. The number of piperazine rings is 1. The van der Waals surface area contributed by atoms with Crippen molar-refractivity contribution in [2.24, 2.45) is 5.73 Å². The summed E-state index contributed by atoms with van der Waals surface area (Å²) in [5.74, 6) is 0. The van der Waals surface area contributed by atoms with Gasteiger partial charge in [-0.2, -0.15) is 0 Å². The highest BCUT2D eigenvalue weighted by atomic mass is 79.9. The molecule has 0 saturated carbocycles. The lowest BCUT2D eigenvalue weighted by Crippen LogP contribution is -2.50. The molecule has 0 aliphatic carbocycles. The Kier molecular flexibility index (Phi) is 3.66. The van der Waals surface area contributed by atoms with Gasteiger partial charge in [-0.15, -0.1) is 0 Å². The normalized spacial score (nSPS) is 16.3. The molecule has 86 valence electrons. The lowest BCUT2D eigenvalue weighted by atomic mass is 10.2. The van der Waals surface area contributed by atoms with Gasteiger partial charge in [0, 0.05) is 30.7 Å². The van der Waals surface area contributed by atoms with Crippen LogP contribution in [0.15, 0.2) is 28.7 Å². The Morgan fingerprint density at radius 1 is 1.19 bits per heavy atom. The maximum atomic E-state index is 5.61. The number of anilines is 1. The van der Waals surface area contributed by atoms with Gasteiger partial charge in [0.1, 0.15) is 0 Å². The van der Waals surface area contributed by atoms with E-state index in [1.54, 1.807) is 0 Å². The van der Waals surface area contributed by atoms with Gasteiger partial charge in [-0.3, -0.25) is 0 Å². The highest BCUT2D eigenvalue weighted by Crippen LogP contribution is 2.26. The third-order valence-electron chi connectivity index (χ3n) is 2.78. The van der Waals surface area contributed by atoms with Crippen molar-refractivity contribution in [3.05, 3.63) is 28.7 Å². The number of hydrogen-bond acceptors (Lipinski definition) is 2. The van der Waals surface area contributed by atoms with Crippen LogP contribution in [-0.4, -0.2) is 36.2 Å². The second kappa shape index (κ2) is 5.01. The molecule has 1 fully saturated rings. The number of halogens is 1. The predicted octanol–water partition coefficient (Wildman–Crippen LogP) is 1.81. The molecule has 0 atom stereocenters. The SMILES string of the molecule is NC(=S)N1CCN(c2ccccc2Br)CC1. The summed E-state index contributed by atoms with van der Waals surface area (Å²) in [6.45, 7) is 3.72. The van der Waals surface area contributed by atoms with Crippen molar-refractivity contribution in [2.75, 3.05) is 31.1 Å². The van der Waals surface area contributed by atoms with Crippen LogP contribution >= 0.6 is 28.1 Å². The first kappa shape index (κ1) is 11.7. The van der Waals surface area contributed by atoms with Gasteiger partial charge in [-0.25, -0.2) is 0 Å². The van der Waals surface area contributed by atoms with Crippen molar-refractivity contribution < 1.29 is 0 Å². The fourth-order valence-corrected chi connectivity index (χ4v) is 2.59. The minimum Gasteiger partial charge on any atom is -0.376 e. The van der Waals surface area contributed by atoms with Crippen LogP contribution in [0, 0.1) is 0 Å². The van der Waals surface area contributed by atoms with Crippen LogP contribution in [0.3, 0.4) is 0 Å². The average molecular weight is 300 g/mol. The van der Waals surface area contributed by atoms with Gasteiger partial charge in [0.25, 0.3) is 0 Å². The molecule has 1 saturated heterocycles. The number of hydrogen-bond donors (Lipinski definition) is 1. The largest absolute Gasteiger partial charge is 0.376 e. The van der Waals surface area contributed by atoms with E-state index in [1.807, 2.05) is 11.0 Å². The first-order chi connectivity index (χ1) is 7.68. The van der Waals surface area contributed by atoms with Crippen LogP contribution in [0.2, 0.25) is 0 Å². The van der Waals surface area contributed by atoms with Gasteiger partial charge >= 0.3 is 0 Å². The molecule has 2 N–H and O–H groups in total. The van der Waals surface area contributed by atoms with E-state index in [2.05, 4.69) is 39.0 Å². The quantitative estimate of drug-likeness (QED) is 0.802. The van der Waals surface area contributed by atoms with Crippen LogP contribution in [0.5, 0.6) is 0 Å². The Labute approximate surface area is 109 Å². The Balaban J connectivity index is 2.05. The summed E-state index contributed by atoms with van der Waals surface area (Å²) in [6.07, 6.45) is 0. The highest BCUT2D eigenvalue weighted by molar-refractivity contribution is 9.10. The number of thiocarbonyl (C=S) groups is 1. The van der Waals surface area contributed by atoms with Gasteiger partial charge in [-0.1, -0.05) is 12.1 Å². The minimum absolute atomic E-state index is 0.506. The van der Waals surface area contributed by atoms with E-state index in [9.17, 15) is 0 Å². The Bertz CT molecular complexity index is 389. The van der Waals surface area contributed by atoms with Crippen LogP contribution < -0.4 is 10.6 Å². The van der Waals surface area contributed by atoms with E-state index >= 15 is 0 Å². The summed E-state index contributed by atoms with van der Waals surface area (Å²) in [4.78, 5) is 4.39. The second-order valence-electron chi connectivity index (χ2n) is 3.76. The number of nitrogens with zero attached hydrogens (tertiary/aromatic N) is 2. The summed E-state index contributed by atoms with van der Waals surface area (Å²) in [5.41, 5.74) is 6.85. The molecule has 0 unspecified atom stereocenters. The lowest BCUT2D eigenvalue weighted by molar-refractivity contribution is 0.388. The van der Waals surface area contributed by atoms with Crippen molar-refractivity contribution in [2.45, 2.75) is 0 Å². The maximum absolute atomic E-state index is 5.61. The van der Waals surface area contributed by atoms with Crippen molar-refractivity contribution in [1.29, 1.82) is 0 Å². The molecule has 1 aliphatic heterocycles. The average Bonchev–Trinajstić information content (AvgIpc) is 2.30. The van der Waals surface area contributed by atoms with E-state index in [0.29, 0.717) is 5.11 Å². The molecule has 0 aromatic heterocycles. The Morgan fingerprint density at radius 2 is 1.81 bits per heavy atom. The molecule has 1 aliphatic rings. The van der Waals surface area contributed by atoms with E-state index in [1.165, 1.54) is 5.69 Å². The van der Waals surface area contributed by atoms with Gasteiger partial charge < -0.3 is 15.5 Å². The van der Waals surface area contributed by atoms with Crippen molar-refractivity contribution >= 4 is 38.9 Å². The summed E-state index contributed by atoms with van der Waals surface area (Å²) in [7, 11) is 0. The molecular formula is C11H14BrN3S. The molecule has 0 spiro atoms. The topological polar surface area (TPSA) is 32.5 Å². The van der Waals surface area contributed by atoms with Crippen LogP contribution in [0.1, 0.15) is 0 Å². The fourth-order valence-electron chi connectivity index (χ4n) is 1.88. The summed E-state index contributed by atoms with van der Waals surface area (Å²) in [5, 5.41) is 0.506. The van der Waals surface area contributed by atoms with Crippen LogP contribution in [0.25, 0.3) is 0 Å². The van der Waals surface area contributed by atoms with Gasteiger partial charge in [0.05, 0.1) is 5.69 Å². The van der Waals surface area contributed by atoms with E-state index < -0.39 is 0 Å². The third-order valence-corrected chi connectivity index (χ3v) is 3.71. The molecule has 5 heteroatoms. The van der Waals surface area contributed by atoms with Crippen LogP contribution in [0.4, 0.5) is 5.69 Å². The van der Waals surface area contributed by atoms with Gasteiger partial charge in [-0.05, 0) is 40.3 Å². The zero-order valence-electron chi connectivity index (χ0n) is 8.90. The molecule has 1 heterocycles. The first-order valence-corrected chi connectivity index (χ1v) is 6.42. The Hall–Kier alpha value is -0.810. The minimum atomic E-state index is 0.506. The van der Waals surface area contributed by atoms with E-state index in [4.69, 9.17) is 18.0 Å². The number of para-hydroxylation sites is 1. The van der Waals surface area contributed by atoms with E-state index in [0.717, 1.165) is 30.7 Å². The summed E-state index contributed by atoms with van der Waals surface area (Å²) in [6, 6.07) is 8.27. The molecule has 3 nitrogen and oxygen atoms in total. The fraction of sp³-hybridized carbons (Fsp3) is 0.364. The maximum Gasteiger partial charge on any atom is 0.166 e. The first-order valence-electron chi connectivity index (χ1n) is 5.22. The number of benzene rings is 1. The molecule has 2 rings (SSSR count).